The van der Waals surface area contributed by atoms with Gasteiger partial charge in [0.15, 0.2) is 0 Å². The van der Waals surface area contributed by atoms with Crippen molar-refractivity contribution in [2.45, 2.75) is 143 Å². The van der Waals surface area contributed by atoms with Crippen LogP contribution >= 0.6 is 0 Å². The highest BCUT2D eigenvalue weighted by Crippen LogP contribution is 2.76. The number of benzene rings is 2. The molecule has 4 fully saturated rings. The highest BCUT2D eigenvalue weighted by atomic mass is 19.1. The molecule has 0 heterocycles. The van der Waals surface area contributed by atoms with Crippen LogP contribution in [0.4, 0.5) is 8.78 Å². The zero-order valence-electron chi connectivity index (χ0n) is 35.7. The van der Waals surface area contributed by atoms with Crippen molar-refractivity contribution in [2.75, 3.05) is 7.11 Å². The molecule has 0 bridgehead atoms. The zero-order chi connectivity index (χ0) is 41.6. The molecule has 4 aliphatic rings. The average Bonchev–Trinajstić information content (AvgIpc) is 3.53. The Balaban J connectivity index is 1.28. The van der Waals surface area contributed by atoms with Crippen LogP contribution in [0.15, 0.2) is 60.7 Å². The van der Waals surface area contributed by atoms with Gasteiger partial charge in [-0.2, -0.15) is 0 Å². The van der Waals surface area contributed by atoms with Crippen molar-refractivity contribution in [1.82, 2.24) is 0 Å². The monoisotopic (exact) mass is 788 g/mol. The minimum Gasteiger partial charge on any atom is -0.459 e. The van der Waals surface area contributed by atoms with E-state index in [4.69, 9.17) is 14.2 Å². The number of hydrogen-bond acceptors (Lipinski definition) is 6. The van der Waals surface area contributed by atoms with Crippen molar-refractivity contribution in [1.29, 1.82) is 0 Å². The van der Waals surface area contributed by atoms with Crippen LogP contribution in [0.1, 0.15) is 131 Å². The topological polar surface area (TPSA) is 82.1 Å². The number of carbonyl (C=O) groups excluding carboxylic acids is 2. The summed E-state index contributed by atoms with van der Waals surface area (Å²) in [7, 11) is 1.73. The lowest BCUT2D eigenvalue weighted by molar-refractivity contribution is -0.251. The van der Waals surface area contributed by atoms with Gasteiger partial charge < -0.3 is 19.3 Å². The van der Waals surface area contributed by atoms with E-state index in [1.165, 1.54) is 36.4 Å². The summed E-state index contributed by atoms with van der Waals surface area (Å²) in [4.78, 5) is 27.0. The Morgan fingerprint density at radius 2 is 1.30 bits per heavy atom. The van der Waals surface area contributed by atoms with Crippen LogP contribution < -0.4 is 0 Å². The van der Waals surface area contributed by atoms with E-state index in [1.807, 2.05) is 6.92 Å². The second-order valence-electron chi connectivity index (χ2n) is 20.1. The molecule has 312 valence electrons. The second kappa shape index (κ2) is 16.0. The lowest BCUT2D eigenvalue weighted by atomic mass is 9.35. The van der Waals surface area contributed by atoms with Gasteiger partial charge in [0.1, 0.15) is 23.8 Å². The SMILES string of the molecule is COC(C)(C)CCC[C@@](C)(O)[C@H]1CC[C@]2(C)[C@@H]1[C@H](OC(=O)/C=C/c1ccc(F)cc1)C[C@@H]1[C@@]3(C)CC[C@H](OC(=O)/C=C/c4ccc(F)cc4)C(C)(C)[C@@H]3CC[C@]12C. The van der Waals surface area contributed by atoms with Crippen molar-refractivity contribution < 1.29 is 37.7 Å². The fourth-order valence-electron chi connectivity index (χ4n) is 12.7. The number of ether oxygens (including phenoxy) is 3. The van der Waals surface area contributed by atoms with Crippen LogP contribution in [0.5, 0.6) is 0 Å². The molecule has 0 aromatic heterocycles. The van der Waals surface area contributed by atoms with Crippen LogP contribution in [-0.4, -0.2) is 47.6 Å². The van der Waals surface area contributed by atoms with Crippen molar-refractivity contribution in [3.05, 3.63) is 83.4 Å². The largest absolute Gasteiger partial charge is 0.459 e. The third kappa shape index (κ3) is 8.42. The van der Waals surface area contributed by atoms with Gasteiger partial charge in [-0.3, -0.25) is 0 Å². The second-order valence-corrected chi connectivity index (χ2v) is 20.1. The van der Waals surface area contributed by atoms with E-state index >= 15 is 0 Å². The number of aliphatic hydroxyl groups is 1. The van der Waals surface area contributed by atoms with Crippen LogP contribution in [0.25, 0.3) is 12.2 Å². The molecule has 1 N–H and O–H groups in total. The highest BCUT2D eigenvalue weighted by molar-refractivity contribution is 5.87. The van der Waals surface area contributed by atoms with Crippen molar-refractivity contribution >= 4 is 24.1 Å². The van der Waals surface area contributed by atoms with Gasteiger partial charge in [-0.15, -0.1) is 0 Å². The summed E-state index contributed by atoms with van der Waals surface area (Å²) in [6.45, 7) is 18.0. The maximum absolute atomic E-state index is 13.8. The van der Waals surface area contributed by atoms with Gasteiger partial charge in [0.05, 0.1) is 11.2 Å². The number of methoxy groups -OCH3 is 1. The first-order valence-electron chi connectivity index (χ1n) is 21.2. The molecule has 2 aromatic rings. The summed E-state index contributed by atoms with van der Waals surface area (Å²) >= 11 is 0. The summed E-state index contributed by atoms with van der Waals surface area (Å²) in [6, 6.07) is 12.0. The van der Waals surface area contributed by atoms with Gasteiger partial charge in [0.25, 0.3) is 0 Å². The minimum absolute atomic E-state index is 0.0364. The Kier molecular flexibility index (Phi) is 12.1. The standard InChI is InChI=1S/C49H66F2O6/c1-44(2,55-9)26-10-27-49(8,54)36-23-29-48(7)43(36)37(56-41(52)21-15-32-11-17-34(50)18-12-32)31-39-46(5)28-25-40(45(3,4)38(46)24-30-47(39,48)6)57-42(53)22-16-33-13-19-35(51)20-14-33/h11-22,36-40,43,54H,10,23-31H2,1-9H3/b21-15+,22-16+/t36-,37+,38-,39+,40-,43-,46-,47+,48+,49+/m0/s1. The Morgan fingerprint density at radius 3 is 1.86 bits per heavy atom. The third-order valence-electron chi connectivity index (χ3n) is 16.2. The fraction of sp³-hybridized carbons (Fsp3) is 0.633. The van der Waals surface area contributed by atoms with Gasteiger partial charge in [0.2, 0.25) is 0 Å². The lowest BCUT2D eigenvalue weighted by Crippen LogP contribution is -2.67. The summed E-state index contributed by atoms with van der Waals surface area (Å²) in [6.07, 6.45) is 13.9. The van der Waals surface area contributed by atoms with E-state index in [0.29, 0.717) is 18.4 Å². The number of fused-ring (bicyclic) bond motifs is 5. The third-order valence-corrected chi connectivity index (χ3v) is 16.2. The molecule has 0 radical (unpaired) electrons. The van der Waals surface area contributed by atoms with Crippen molar-refractivity contribution in [3.8, 4) is 0 Å². The quantitative estimate of drug-likeness (QED) is 0.170. The predicted molar refractivity (Wildman–Crippen MR) is 221 cm³/mol. The van der Waals surface area contributed by atoms with Crippen LogP contribution in [0.3, 0.4) is 0 Å². The molecule has 4 saturated carbocycles. The molecule has 2 aromatic carbocycles. The predicted octanol–water partition coefficient (Wildman–Crippen LogP) is 11.2. The van der Waals surface area contributed by atoms with Crippen LogP contribution in [0.2, 0.25) is 0 Å². The average molecular weight is 789 g/mol. The Morgan fingerprint density at radius 1 is 0.754 bits per heavy atom. The molecule has 0 aliphatic heterocycles. The lowest BCUT2D eigenvalue weighted by Gasteiger charge is -2.70. The normalized spacial score (nSPS) is 34.6. The van der Waals surface area contributed by atoms with E-state index in [1.54, 1.807) is 43.5 Å². The smallest absolute Gasteiger partial charge is 0.331 e. The molecule has 6 rings (SSSR count). The van der Waals surface area contributed by atoms with Gasteiger partial charge >= 0.3 is 11.9 Å². The molecule has 0 spiro atoms. The van der Waals surface area contributed by atoms with Crippen molar-refractivity contribution in [2.24, 2.45) is 45.3 Å². The first kappa shape index (κ1) is 43.2. The molecule has 0 amide bonds. The Hall–Kier alpha value is -3.36. The number of carbonyl (C=O) groups is 2. The van der Waals surface area contributed by atoms with Crippen LogP contribution in [0, 0.1) is 57.0 Å². The van der Waals surface area contributed by atoms with Crippen LogP contribution in [-0.2, 0) is 23.8 Å². The molecular formula is C49H66F2O6. The molecule has 8 heteroatoms. The molecule has 0 saturated heterocycles. The molecule has 4 aliphatic carbocycles. The molecule has 6 nitrogen and oxygen atoms in total. The fourth-order valence-corrected chi connectivity index (χ4v) is 12.7. The summed E-state index contributed by atoms with van der Waals surface area (Å²) in [5, 5.41) is 12.4. The van der Waals surface area contributed by atoms with E-state index in [-0.39, 0.29) is 68.7 Å². The maximum Gasteiger partial charge on any atom is 0.331 e. The van der Waals surface area contributed by atoms with E-state index in [9.17, 15) is 23.5 Å². The Labute approximate surface area is 339 Å². The first-order chi connectivity index (χ1) is 26.6. The van der Waals surface area contributed by atoms with Gasteiger partial charge in [-0.25, -0.2) is 18.4 Å². The number of rotatable bonds is 12. The van der Waals surface area contributed by atoms with Gasteiger partial charge in [-0.05, 0) is 167 Å². The summed E-state index contributed by atoms with van der Waals surface area (Å²) in [5.74, 6) is -1.09. The number of esters is 2. The number of hydrogen-bond donors (Lipinski definition) is 1. The maximum atomic E-state index is 13.8. The minimum atomic E-state index is -0.958. The molecule has 0 unspecified atom stereocenters. The van der Waals surface area contributed by atoms with Gasteiger partial charge in [0, 0.05) is 30.6 Å². The summed E-state index contributed by atoms with van der Waals surface area (Å²) < 4.78 is 45.5. The molecular weight excluding hydrogens is 723 g/mol. The van der Waals surface area contributed by atoms with E-state index in [0.717, 1.165) is 56.9 Å². The van der Waals surface area contributed by atoms with E-state index in [2.05, 4.69) is 48.5 Å². The van der Waals surface area contributed by atoms with Gasteiger partial charge in [-0.1, -0.05) is 58.9 Å². The zero-order valence-corrected chi connectivity index (χ0v) is 35.7. The molecule has 57 heavy (non-hydrogen) atoms. The highest BCUT2D eigenvalue weighted by Gasteiger charge is 2.72. The first-order valence-corrected chi connectivity index (χ1v) is 21.2. The summed E-state index contributed by atoms with van der Waals surface area (Å²) in [5.41, 5.74) is -0.494. The number of halogens is 2. The molecule has 10 atom stereocenters. The Bertz CT molecular complexity index is 1810. The van der Waals surface area contributed by atoms with Crippen molar-refractivity contribution in [3.63, 3.8) is 0 Å². The van der Waals surface area contributed by atoms with E-state index < -0.39 is 23.6 Å².